The number of nitrogens with zero attached hydrogens (tertiary/aromatic N) is 4. The van der Waals surface area contributed by atoms with Crippen molar-refractivity contribution in [2.45, 2.75) is 32.9 Å². The van der Waals surface area contributed by atoms with Crippen molar-refractivity contribution in [2.75, 3.05) is 32.7 Å². The number of halogens is 1. The van der Waals surface area contributed by atoms with Gasteiger partial charge in [0.25, 0.3) is 5.91 Å². The molecule has 0 spiro atoms. The summed E-state index contributed by atoms with van der Waals surface area (Å²) in [5, 5.41) is 6.41. The SMILES string of the molecule is Cc1ccc(C2=NN(C(=O)CN3CCN(Cc4ccccc4)CC3)[C@@H](c3cccc(F)c3)C2)c(C)c1. The van der Waals surface area contributed by atoms with Crippen LogP contribution < -0.4 is 0 Å². The van der Waals surface area contributed by atoms with Crippen LogP contribution in [0.5, 0.6) is 0 Å². The molecule has 0 saturated carbocycles. The van der Waals surface area contributed by atoms with Crippen LogP contribution in [0.3, 0.4) is 0 Å². The van der Waals surface area contributed by atoms with Crippen molar-refractivity contribution >= 4 is 11.6 Å². The Morgan fingerprint density at radius 2 is 1.67 bits per heavy atom. The van der Waals surface area contributed by atoms with Crippen LogP contribution in [-0.2, 0) is 11.3 Å². The topological polar surface area (TPSA) is 39.2 Å². The van der Waals surface area contributed by atoms with Crippen LogP contribution in [0.4, 0.5) is 4.39 Å². The molecule has 1 saturated heterocycles. The standard InChI is InChI=1S/C30H33FN4O/c1-22-11-12-27(23(2)17-22)28-19-29(25-9-6-10-26(31)18-25)35(32-28)30(36)21-34-15-13-33(14-16-34)20-24-7-4-3-5-8-24/h3-12,17-18,29H,13-16,19-21H2,1-2H3/t29-/m1/s1. The molecule has 3 aromatic carbocycles. The van der Waals surface area contributed by atoms with Crippen LogP contribution in [-0.4, -0.2) is 59.2 Å². The van der Waals surface area contributed by atoms with Gasteiger partial charge in [-0.25, -0.2) is 9.40 Å². The molecular weight excluding hydrogens is 451 g/mol. The molecule has 0 N–H and O–H groups in total. The Balaban J connectivity index is 1.29. The highest BCUT2D eigenvalue weighted by molar-refractivity contribution is 6.04. The fourth-order valence-corrected chi connectivity index (χ4v) is 5.22. The third-order valence-corrected chi connectivity index (χ3v) is 7.16. The predicted molar refractivity (Wildman–Crippen MR) is 141 cm³/mol. The third kappa shape index (κ3) is 5.55. The lowest BCUT2D eigenvalue weighted by Crippen LogP contribution is -2.49. The summed E-state index contributed by atoms with van der Waals surface area (Å²) in [5.74, 6) is -0.338. The van der Waals surface area contributed by atoms with E-state index in [2.05, 4.69) is 66.1 Å². The first-order valence-corrected chi connectivity index (χ1v) is 12.7. The number of piperazine rings is 1. The number of carbonyl (C=O) groups excluding carboxylic acids is 1. The summed E-state index contributed by atoms with van der Waals surface area (Å²) < 4.78 is 14.1. The maximum absolute atomic E-state index is 14.1. The number of rotatable bonds is 6. The van der Waals surface area contributed by atoms with Gasteiger partial charge in [0.1, 0.15) is 5.82 Å². The molecule has 2 aliphatic rings. The molecule has 6 heteroatoms. The van der Waals surface area contributed by atoms with E-state index in [0.717, 1.165) is 55.1 Å². The number of hydrogen-bond donors (Lipinski definition) is 0. The van der Waals surface area contributed by atoms with E-state index in [-0.39, 0.29) is 17.8 Å². The monoisotopic (exact) mass is 484 g/mol. The highest BCUT2D eigenvalue weighted by atomic mass is 19.1. The van der Waals surface area contributed by atoms with Gasteiger partial charge < -0.3 is 0 Å². The Morgan fingerprint density at radius 3 is 2.39 bits per heavy atom. The van der Waals surface area contributed by atoms with E-state index >= 15 is 0 Å². The molecule has 0 unspecified atom stereocenters. The van der Waals surface area contributed by atoms with Gasteiger partial charge in [0, 0.05) is 44.7 Å². The number of benzene rings is 3. The number of hydrazone groups is 1. The van der Waals surface area contributed by atoms with Gasteiger partial charge in [-0.15, -0.1) is 0 Å². The van der Waals surface area contributed by atoms with Crippen LogP contribution in [0, 0.1) is 19.7 Å². The first-order chi connectivity index (χ1) is 17.5. The van der Waals surface area contributed by atoms with E-state index in [0.29, 0.717) is 13.0 Å². The van der Waals surface area contributed by atoms with E-state index < -0.39 is 0 Å². The minimum absolute atomic E-state index is 0.0412. The predicted octanol–water partition coefficient (Wildman–Crippen LogP) is 4.94. The van der Waals surface area contributed by atoms with Crippen molar-refractivity contribution in [3.8, 4) is 0 Å². The molecule has 0 radical (unpaired) electrons. The van der Waals surface area contributed by atoms with Gasteiger partial charge in [0.15, 0.2) is 0 Å². The highest BCUT2D eigenvalue weighted by Gasteiger charge is 2.34. The van der Waals surface area contributed by atoms with Crippen molar-refractivity contribution < 1.29 is 9.18 Å². The van der Waals surface area contributed by atoms with E-state index in [9.17, 15) is 9.18 Å². The van der Waals surface area contributed by atoms with Crippen molar-refractivity contribution in [3.63, 3.8) is 0 Å². The van der Waals surface area contributed by atoms with Gasteiger partial charge in [0.05, 0.1) is 18.3 Å². The molecule has 2 aliphatic heterocycles. The Labute approximate surface area is 212 Å². The molecular formula is C30H33FN4O. The van der Waals surface area contributed by atoms with Crippen LogP contribution in [0.2, 0.25) is 0 Å². The number of aryl methyl sites for hydroxylation is 2. The molecule has 186 valence electrons. The Hall–Kier alpha value is -3.35. The van der Waals surface area contributed by atoms with Crippen LogP contribution in [0.25, 0.3) is 0 Å². The highest BCUT2D eigenvalue weighted by Crippen LogP contribution is 2.34. The summed E-state index contributed by atoms with van der Waals surface area (Å²) >= 11 is 0. The van der Waals surface area contributed by atoms with Gasteiger partial charge >= 0.3 is 0 Å². The smallest absolute Gasteiger partial charge is 0.257 e. The summed E-state index contributed by atoms with van der Waals surface area (Å²) in [6.07, 6.45) is 0.573. The van der Waals surface area contributed by atoms with E-state index in [4.69, 9.17) is 5.10 Å². The molecule has 0 aromatic heterocycles. The fourth-order valence-electron chi connectivity index (χ4n) is 5.22. The average Bonchev–Trinajstić information content (AvgIpc) is 3.31. The minimum atomic E-state index is -0.303. The van der Waals surface area contributed by atoms with Crippen LogP contribution >= 0.6 is 0 Å². The third-order valence-electron chi connectivity index (χ3n) is 7.16. The fraction of sp³-hybridized carbons (Fsp3) is 0.333. The Morgan fingerprint density at radius 1 is 0.917 bits per heavy atom. The Bertz CT molecular complexity index is 1250. The van der Waals surface area contributed by atoms with Crippen molar-refractivity contribution in [1.29, 1.82) is 0 Å². The molecule has 5 nitrogen and oxygen atoms in total. The van der Waals surface area contributed by atoms with Crippen molar-refractivity contribution in [3.05, 3.63) is 106 Å². The quantitative estimate of drug-likeness (QED) is 0.498. The van der Waals surface area contributed by atoms with Gasteiger partial charge in [-0.05, 0) is 42.7 Å². The zero-order valence-electron chi connectivity index (χ0n) is 21.0. The number of amides is 1. The summed E-state index contributed by atoms with van der Waals surface area (Å²) in [6, 6.07) is 23.0. The van der Waals surface area contributed by atoms with Crippen LogP contribution in [0.1, 0.15) is 40.3 Å². The lowest BCUT2D eigenvalue weighted by molar-refractivity contribution is -0.134. The van der Waals surface area contributed by atoms with E-state index in [1.54, 1.807) is 11.1 Å². The summed E-state index contributed by atoms with van der Waals surface area (Å²) in [5.41, 5.74) is 6.34. The van der Waals surface area contributed by atoms with Gasteiger partial charge in [0.2, 0.25) is 0 Å². The molecule has 1 fully saturated rings. The molecule has 1 amide bonds. The molecule has 5 rings (SSSR count). The number of hydrogen-bond acceptors (Lipinski definition) is 4. The van der Waals surface area contributed by atoms with Gasteiger partial charge in [-0.2, -0.15) is 5.10 Å². The first kappa shape index (κ1) is 24.3. The van der Waals surface area contributed by atoms with Gasteiger partial charge in [-0.1, -0.05) is 66.2 Å². The van der Waals surface area contributed by atoms with E-state index in [1.807, 2.05) is 12.1 Å². The molecule has 0 bridgehead atoms. The number of carbonyl (C=O) groups is 1. The molecule has 1 atom stereocenters. The lowest BCUT2D eigenvalue weighted by Gasteiger charge is -2.35. The molecule has 36 heavy (non-hydrogen) atoms. The zero-order chi connectivity index (χ0) is 25.1. The minimum Gasteiger partial charge on any atom is -0.297 e. The largest absolute Gasteiger partial charge is 0.297 e. The zero-order valence-corrected chi connectivity index (χ0v) is 21.0. The van der Waals surface area contributed by atoms with E-state index in [1.165, 1.54) is 23.3 Å². The molecule has 2 heterocycles. The summed E-state index contributed by atoms with van der Waals surface area (Å²) in [7, 11) is 0. The summed E-state index contributed by atoms with van der Waals surface area (Å²) in [4.78, 5) is 18.2. The maximum Gasteiger partial charge on any atom is 0.257 e. The lowest BCUT2D eigenvalue weighted by atomic mass is 9.95. The summed E-state index contributed by atoms with van der Waals surface area (Å²) in [6.45, 7) is 8.91. The molecule has 3 aromatic rings. The second kappa shape index (κ2) is 10.7. The average molecular weight is 485 g/mol. The second-order valence-electron chi connectivity index (χ2n) is 9.92. The first-order valence-electron chi connectivity index (χ1n) is 12.7. The molecule has 0 aliphatic carbocycles. The van der Waals surface area contributed by atoms with Crippen LogP contribution in [0.15, 0.2) is 77.9 Å². The van der Waals surface area contributed by atoms with Crippen molar-refractivity contribution in [2.24, 2.45) is 5.10 Å². The maximum atomic E-state index is 14.1. The Kier molecular flexibility index (Phi) is 7.25. The van der Waals surface area contributed by atoms with Crippen molar-refractivity contribution in [1.82, 2.24) is 14.8 Å². The second-order valence-corrected chi connectivity index (χ2v) is 9.92. The van der Waals surface area contributed by atoms with Gasteiger partial charge in [-0.3, -0.25) is 14.6 Å². The normalized spacial score (nSPS) is 18.9.